The van der Waals surface area contributed by atoms with E-state index in [1.807, 2.05) is 27.7 Å². The normalized spacial score (nSPS) is 12.1. The number of aromatic nitrogens is 2. The minimum atomic E-state index is -0.203. The average Bonchev–Trinajstić information content (AvgIpc) is 2.68. The quantitative estimate of drug-likeness (QED) is 0.775. The Morgan fingerprint density at radius 3 is 2.67 bits per heavy atom. The molecule has 0 radical (unpaired) electrons. The van der Waals surface area contributed by atoms with Gasteiger partial charge in [-0.2, -0.15) is 5.10 Å². The van der Waals surface area contributed by atoms with Crippen molar-refractivity contribution in [3.8, 4) is 0 Å². The molecular weight excluding hydrogens is 286 g/mol. The fourth-order valence-corrected chi connectivity index (χ4v) is 2.16. The first-order valence-electron chi connectivity index (χ1n) is 7.53. The van der Waals surface area contributed by atoms with Crippen LogP contribution >= 0.6 is 11.6 Å². The number of carbonyl (C=O) groups is 1. The molecule has 0 atom stereocenters. The molecule has 0 fully saturated rings. The highest BCUT2D eigenvalue weighted by Gasteiger charge is 2.16. The van der Waals surface area contributed by atoms with Gasteiger partial charge in [0.25, 0.3) is 0 Å². The lowest BCUT2D eigenvalue weighted by molar-refractivity contribution is -0.117. The molecule has 1 N–H and O–H groups in total. The summed E-state index contributed by atoms with van der Waals surface area (Å²) >= 11 is 6.33. The first-order chi connectivity index (χ1) is 9.80. The van der Waals surface area contributed by atoms with E-state index < -0.39 is 0 Å². The summed E-state index contributed by atoms with van der Waals surface area (Å²) in [6.45, 7) is 10.9. The van der Waals surface area contributed by atoms with Crippen LogP contribution in [0.4, 0.5) is 0 Å². The maximum Gasteiger partial charge on any atom is 0.244 e. The van der Waals surface area contributed by atoms with Crippen molar-refractivity contribution in [3.05, 3.63) is 22.5 Å². The highest BCUT2D eigenvalue weighted by molar-refractivity contribution is 6.31. The third-order valence-electron chi connectivity index (χ3n) is 3.58. The zero-order chi connectivity index (χ0) is 16.0. The van der Waals surface area contributed by atoms with E-state index in [9.17, 15) is 4.79 Å². The zero-order valence-corrected chi connectivity index (χ0v) is 14.4. The Labute approximate surface area is 132 Å². The zero-order valence-electron chi connectivity index (χ0n) is 13.7. The topological polar surface area (TPSA) is 46.9 Å². The Bertz CT molecular complexity index is 518. The molecule has 0 saturated carbocycles. The Hall–Kier alpha value is -1.29. The van der Waals surface area contributed by atoms with Crippen LogP contribution in [-0.2, 0) is 11.3 Å². The number of nitrogens with one attached hydrogen (secondary N) is 1. The van der Waals surface area contributed by atoms with Crippen LogP contribution in [0.25, 0.3) is 6.08 Å². The van der Waals surface area contributed by atoms with Gasteiger partial charge in [-0.25, -0.2) is 0 Å². The van der Waals surface area contributed by atoms with Crippen molar-refractivity contribution in [2.24, 2.45) is 0 Å². The predicted molar refractivity (Wildman–Crippen MR) is 88.4 cm³/mol. The van der Waals surface area contributed by atoms with E-state index in [0.29, 0.717) is 5.15 Å². The lowest BCUT2D eigenvalue weighted by Crippen LogP contribution is -2.41. The number of carbonyl (C=O) groups excluding carboxylic acids is 1. The van der Waals surface area contributed by atoms with E-state index in [0.717, 1.165) is 37.1 Å². The SMILES string of the molecule is CCCCn1nc(C)c(/C=C/C(=O)NC(C)(C)CC)c1Cl. The van der Waals surface area contributed by atoms with Crippen molar-refractivity contribution >= 4 is 23.6 Å². The lowest BCUT2D eigenvalue weighted by Gasteiger charge is -2.23. The van der Waals surface area contributed by atoms with Crippen LogP contribution in [-0.4, -0.2) is 21.2 Å². The van der Waals surface area contributed by atoms with Gasteiger partial charge in [0.05, 0.1) is 5.69 Å². The molecule has 0 aliphatic rings. The Morgan fingerprint density at radius 2 is 2.10 bits per heavy atom. The number of hydrogen-bond donors (Lipinski definition) is 1. The maximum atomic E-state index is 11.9. The van der Waals surface area contributed by atoms with Crippen molar-refractivity contribution in [2.75, 3.05) is 0 Å². The molecule has 1 rings (SSSR count). The van der Waals surface area contributed by atoms with E-state index in [1.54, 1.807) is 10.8 Å². The van der Waals surface area contributed by atoms with E-state index >= 15 is 0 Å². The predicted octanol–water partition coefficient (Wildman–Crippen LogP) is 3.96. The van der Waals surface area contributed by atoms with E-state index in [1.165, 1.54) is 6.08 Å². The Morgan fingerprint density at radius 1 is 1.43 bits per heavy atom. The summed E-state index contributed by atoms with van der Waals surface area (Å²) in [7, 11) is 0. The molecule has 1 heterocycles. The molecule has 118 valence electrons. The van der Waals surface area contributed by atoms with E-state index in [2.05, 4.69) is 17.3 Å². The van der Waals surface area contributed by atoms with Gasteiger partial charge in [-0.05, 0) is 39.7 Å². The van der Waals surface area contributed by atoms with Gasteiger partial charge in [0, 0.05) is 23.7 Å². The number of amides is 1. The van der Waals surface area contributed by atoms with Crippen LogP contribution in [0, 0.1) is 6.92 Å². The van der Waals surface area contributed by atoms with Gasteiger partial charge in [0.1, 0.15) is 5.15 Å². The molecule has 0 bridgehead atoms. The monoisotopic (exact) mass is 311 g/mol. The first kappa shape index (κ1) is 17.8. The minimum Gasteiger partial charge on any atom is -0.348 e. The van der Waals surface area contributed by atoms with Gasteiger partial charge in [-0.15, -0.1) is 0 Å². The van der Waals surface area contributed by atoms with Crippen LogP contribution in [0.15, 0.2) is 6.08 Å². The Kier molecular flexibility index (Phi) is 6.46. The van der Waals surface area contributed by atoms with Crippen molar-refractivity contribution in [1.29, 1.82) is 0 Å². The molecule has 0 aliphatic carbocycles. The molecule has 1 aromatic rings. The lowest BCUT2D eigenvalue weighted by atomic mass is 10.0. The van der Waals surface area contributed by atoms with Gasteiger partial charge in [-0.3, -0.25) is 9.48 Å². The number of unbranched alkanes of at least 4 members (excludes halogenated alkanes) is 1. The Balaban J connectivity index is 2.81. The molecular formula is C16H26ClN3O. The number of hydrogen-bond acceptors (Lipinski definition) is 2. The van der Waals surface area contributed by atoms with Crippen LogP contribution in [0.2, 0.25) is 5.15 Å². The smallest absolute Gasteiger partial charge is 0.244 e. The molecule has 5 heteroatoms. The molecule has 4 nitrogen and oxygen atoms in total. The second kappa shape index (κ2) is 7.64. The summed E-state index contributed by atoms with van der Waals surface area (Å²) in [5.74, 6) is -0.112. The number of aryl methyl sites for hydroxylation is 2. The molecule has 0 aliphatic heterocycles. The van der Waals surface area contributed by atoms with Crippen LogP contribution in [0.1, 0.15) is 58.2 Å². The number of nitrogens with zero attached hydrogens (tertiary/aromatic N) is 2. The van der Waals surface area contributed by atoms with Crippen molar-refractivity contribution in [2.45, 2.75) is 66.0 Å². The van der Waals surface area contributed by atoms with Crippen molar-refractivity contribution < 1.29 is 4.79 Å². The van der Waals surface area contributed by atoms with Gasteiger partial charge in [0.2, 0.25) is 5.91 Å². The summed E-state index contributed by atoms with van der Waals surface area (Å²) in [5.41, 5.74) is 1.46. The fourth-order valence-electron chi connectivity index (χ4n) is 1.84. The second-order valence-corrected chi connectivity index (χ2v) is 6.28. The fraction of sp³-hybridized carbons (Fsp3) is 0.625. The summed E-state index contributed by atoms with van der Waals surface area (Å²) < 4.78 is 1.80. The molecule has 1 aromatic heterocycles. The summed E-state index contributed by atoms with van der Waals surface area (Å²) in [6, 6.07) is 0. The summed E-state index contributed by atoms with van der Waals surface area (Å²) in [6.07, 6.45) is 6.27. The highest BCUT2D eigenvalue weighted by Crippen LogP contribution is 2.21. The van der Waals surface area contributed by atoms with Crippen LogP contribution in [0.5, 0.6) is 0 Å². The number of rotatable bonds is 7. The van der Waals surface area contributed by atoms with Crippen molar-refractivity contribution in [3.63, 3.8) is 0 Å². The average molecular weight is 312 g/mol. The maximum absolute atomic E-state index is 11.9. The summed E-state index contributed by atoms with van der Waals surface area (Å²) in [4.78, 5) is 11.9. The van der Waals surface area contributed by atoms with E-state index in [-0.39, 0.29) is 11.4 Å². The van der Waals surface area contributed by atoms with Gasteiger partial charge in [-0.1, -0.05) is 31.9 Å². The van der Waals surface area contributed by atoms with Crippen molar-refractivity contribution in [1.82, 2.24) is 15.1 Å². The second-order valence-electron chi connectivity index (χ2n) is 5.93. The molecule has 0 spiro atoms. The van der Waals surface area contributed by atoms with E-state index in [4.69, 9.17) is 11.6 Å². The molecule has 21 heavy (non-hydrogen) atoms. The molecule has 0 unspecified atom stereocenters. The largest absolute Gasteiger partial charge is 0.348 e. The molecule has 0 saturated heterocycles. The van der Waals surface area contributed by atoms with Crippen LogP contribution < -0.4 is 5.32 Å². The first-order valence-corrected chi connectivity index (χ1v) is 7.91. The third-order valence-corrected chi connectivity index (χ3v) is 3.98. The third kappa shape index (κ3) is 5.20. The molecule has 1 amide bonds. The molecule has 0 aromatic carbocycles. The number of halogens is 1. The summed E-state index contributed by atoms with van der Waals surface area (Å²) in [5, 5.41) is 7.98. The minimum absolute atomic E-state index is 0.112. The van der Waals surface area contributed by atoms with Gasteiger partial charge >= 0.3 is 0 Å². The van der Waals surface area contributed by atoms with Gasteiger partial charge in [0.15, 0.2) is 0 Å². The highest BCUT2D eigenvalue weighted by atomic mass is 35.5. The standard InChI is InChI=1S/C16H26ClN3O/c1-6-8-11-20-15(17)13(12(3)19-20)9-10-14(21)18-16(4,5)7-2/h9-10H,6-8,11H2,1-5H3,(H,18,21)/b10-9+. The van der Waals surface area contributed by atoms with Gasteiger partial charge < -0.3 is 5.32 Å². The van der Waals surface area contributed by atoms with Crippen LogP contribution in [0.3, 0.4) is 0 Å².